The van der Waals surface area contributed by atoms with Crippen molar-refractivity contribution >= 4 is 11.8 Å². The van der Waals surface area contributed by atoms with E-state index in [1.165, 1.54) is 0 Å². The highest BCUT2D eigenvalue weighted by molar-refractivity contribution is 7.99. The third-order valence-corrected chi connectivity index (χ3v) is 4.96. The Kier molecular flexibility index (Phi) is 5.14. The van der Waals surface area contributed by atoms with E-state index >= 15 is 0 Å². The van der Waals surface area contributed by atoms with Crippen LogP contribution >= 0.6 is 11.8 Å². The van der Waals surface area contributed by atoms with Gasteiger partial charge in [-0.1, -0.05) is 6.92 Å². The third-order valence-electron chi connectivity index (χ3n) is 3.71. The van der Waals surface area contributed by atoms with Crippen LogP contribution in [0.4, 0.5) is 0 Å². The van der Waals surface area contributed by atoms with Gasteiger partial charge in [-0.15, -0.1) is 0 Å². The lowest BCUT2D eigenvalue weighted by atomic mass is 9.90. The fraction of sp³-hybridized carbons (Fsp3) is 1.00. The van der Waals surface area contributed by atoms with Gasteiger partial charge in [-0.05, 0) is 46.3 Å². The summed E-state index contributed by atoms with van der Waals surface area (Å²) in [4.78, 5) is 0. The summed E-state index contributed by atoms with van der Waals surface area (Å²) in [5.74, 6) is 0. The molecule has 3 heteroatoms. The van der Waals surface area contributed by atoms with E-state index < -0.39 is 0 Å². The molecule has 1 fully saturated rings. The molecule has 1 aliphatic rings. The normalized spacial score (nSPS) is 31.7. The number of nitrogens with one attached hydrogen (secondary N) is 1. The lowest BCUT2D eigenvalue weighted by Gasteiger charge is -2.39. The molecule has 1 heterocycles. The van der Waals surface area contributed by atoms with Gasteiger partial charge in [-0.25, -0.2) is 0 Å². The predicted molar refractivity (Wildman–Crippen MR) is 73.3 cm³/mol. The van der Waals surface area contributed by atoms with Gasteiger partial charge in [0, 0.05) is 23.9 Å². The van der Waals surface area contributed by atoms with Gasteiger partial charge < -0.3 is 10.1 Å². The first-order valence-corrected chi connectivity index (χ1v) is 7.56. The lowest BCUT2D eigenvalue weighted by Crippen LogP contribution is -2.47. The molecule has 0 saturated carbocycles. The molecule has 1 saturated heterocycles. The SMILES string of the molecule is CCC1(C)CC(NCC(C)(C)SC)CCO1. The van der Waals surface area contributed by atoms with Crippen molar-refractivity contribution in [3.05, 3.63) is 0 Å². The first-order chi connectivity index (χ1) is 7.41. The standard InChI is InChI=1S/C13H27NOS/c1-6-13(4)9-11(7-8-15-13)14-10-12(2,3)16-5/h11,14H,6-10H2,1-5H3. The Bertz CT molecular complexity index is 220. The zero-order valence-corrected chi connectivity index (χ0v) is 12.2. The molecule has 0 aliphatic carbocycles. The van der Waals surface area contributed by atoms with Crippen LogP contribution in [-0.4, -0.2) is 35.8 Å². The number of rotatable bonds is 5. The summed E-state index contributed by atoms with van der Waals surface area (Å²) in [5, 5.41) is 3.70. The molecule has 1 rings (SSSR count). The molecular weight excluding hydrogens is 218 g/mol. The summed E-state index contributed by atoms with van der Waals surface area (Å²) in [6, 6.07) is 0.630. The summed E-state index contributed by atoms with van der Waals surface area (Å²) in [6.07, 6.45) is 5.59. The Morgan fingerprint density at radius 3 is 2.75 bits per heavy atom. The van der Waals surface area contributed by atoms with Crippen molar-refractivity contribution < 1.29 is 4.74 Å². The quantitative estimate of drug-likeness (QED) is 0.804. The topological polar surface area (TPSA) is 21.3 Å². The van der Waals surface area contributed by atoms with Gasteiger partial charge in [0.05, 0.1) is 5.60 Å². The summed E-state index contributed by atoms with van der Waals surface area (Å²) >= 11 is 1.93. The third kappa shape index (κ3) is 4.27. The number of ether oxygens (including phenoxy) is 1. The highest BCUT2D eigenvalue weighted by Gasteiger charge is 2.32. The van der Waals surface area contributed by atoms with Gasteiger partial charge in [-0.2, -0.15) is 11.8 Å². The highest BCUT2D eigenvalue weighted by Crippen LogP contribution is 2.28. The van der Waals surface area contributed by atoms with Crippen LogP contribution in [-0.2, 0) is 4.74 Å². The smallest absolute Gasteiger partial charge is 0.0666 e. The van der Waals surface area contributed by atoms with Gasteiger partial charge in [0.2, 0.25) is 0 Å². The second-order valence-corrected chi connectivity index (χ2v) is 7.20. The van der Waals surface area contributed by atoms with E-state index in [1.807, 2.05) is 11.8 Å². The first kappa shape index (κ1) is 14.3. The molecule has 96 valence electrons. The molecule has 2 unspecified atom stereocenters. The molecular formula is C13H27NOS. The molecule has 2 nitrogen and oxygen atoms in total. The van der Waals surface area contributed by atoms with Crippen molar-refractivity contribution in [2.75, 3.05) is 19.4 Å². The minimum absolute atomic E-state index is 0.0966. The fourth-order valence-electron chi connectivity index (χ4n) is 2.01. The zero-order chi connectivity index (χ0) is 12.2. The summed E-state index contributed by atoms with van der Waals surface area (Å²) < 4.78 is 6.19. The van der Waals surface area contributed by atoms with Crippen molar-refractivity contribution in [3.63, 3.8) is 0 Å². The van der Waals surface area contributed by atoms with E-state index in [9.17, 15) is 0 Å². The first-order valence-electron chi connectivity index (χ1n) is 6.33. The van der Waals surface area contributed by atoms with Crippen LogP contribution in [0.1, 0.15) is 47.0 Å². The minimum atomic E-state index is 0.0966. The molecule has 16 heavy (non-hydrogen) atoms. The average Bonchev–Trinajstić information content (AvgIpc) is 2.27. The van der Waals surface area contributed by atoms with Crippen LogP contribution in [0, 0.1) is 0 Å². The maximum absolute atomic E-state index is 5.86. The molecule has 1 aliphatic heterocycles. The number of thioether (sulfide) groups is 1. The molecule has 0 aromatic rings. The van der Waals surface area contributed by atoms with E-state index in [1.54, 1.807) is 0 Å². The Hall–Kier alpha value is 0.270. The summed E-state index contributed by atoms with van der Waals surface area (Å²) in [5.41, 5.74) is 0.0966. The Labute approximate surface area is 105 Å². The highest BCUT2D eigenvalue weighted by atomic mass is 32.2. The zero-order valence-electron chi connectivity index (χ0n) is 11.4. The molecule has 1 N–H and O–H groups in total. The predicted octanol–water partition coefficient (Wildman–Crippen LogP) is 3.07. The lowest BCUT2D eigenvalue weighted by molar-refractivity contribution is -0.0780. The van der Waals surface area contributed by atoms with Gasteiger partial charge in [-0.3, -0.25) is 0 Å². The molecule has 0 aromatic carbocycles. The van der Waals surface area contributed by atoms with E-state index in [0.29, 0.717) is 10.8 Å². The largest absolute Gasteiger partial charge is 0.375 e. The maximum Gasteiger partial charge on any atom is 0.0666 e. The van der Waals surface area contributed by atoms with E-state index in [4.69, 9.17) is 4.74 Å². The molecule has 0 amide bonds. The van der Waals surface area contributed by atoms with Gasteiger partial charge in [0.25, 0.3) is 0 Å². The second kappa shape index (κ2) is 5.74. The summed E-state index contributed by atoms with van der Waals surface area (Å²) in [6.45, 7) is 11.0. The van der Waals surface area contributed by atoms with Crippen LogP contribution in [0.15, 0.2) is 0 Å². The average molecular weight is 245 g/mol. The Morgan fingerprint density at radius 2 is 2.19 bits per heavy atom. The van der Waals surface area contributed by atoms with Gasteiger partial charge in [0.15, 0.2) is 0 Å². The molecule has 0 aromatic heterocycles. The van der Waals surface area contributed by atoms with E-state index in [0.717, 1.165) is 32.4 Å². The van der Waals surface area contributed by atoms with Crippen molar-refractivity contribution in [1.82, 2.24) is 5.32 Å². The van der Waals surface area contributed by atoms with Gasteiger partial charge >= 0.3 is 0 Å². The molecule has 0 bridgehead atoms. The minimum Gasteiger partial charge on any atom is -0.375 e. The Morgan fingerprint density at radius 1 is 1.50 bits per heavy atom. The molecule has 0 spiro atoms. The monoisotopic (exact) mass is 245 g/mol. The van der Waals surface area contributed by atoms with Crippen molar-refractivity contribution in [2.45, 2.75) is 63.3 Å². The van der Waals surface area contributed by atoms with Crippen molar-refractivity contribution in [2.24, 2.45) is 0 Å². The van der Waals surface area contributed by atoms with Crippen LogP contribution in [0.25, 0.3) is 0 Å². The van der Waals surface area contributed by atoms with Crippen LogP contribution in [0.5, 0.6) is 0 Å². The van der Waals surface area contributed by atoms with E-state index in [2.05, 4.69) is 39.3 Å². The summed E-state index contributed by atoms with van der Waals surface area (Å²) in [7, 11) is 0. The van der Waals surface area contributed by atoms with Gasteiger partial charge in [0.1, 0.15) is 0 Å². The fourth-order valence-corrected chi connectivity index (χ4v) is 2.24. The number of hydrogen-bond acceptors (Lipinski definition) is 3. The Balaban J connectivity index is 2.38. The van der Waals surface area contributed by atoms with Crippen LogP contribution in [0.2, 0.25) is 0 Å². The van der Waals surface area contributed by atoms with Crippen LogP contribution in [0.3, 0.4) is 0 Å². The van der Waals surface area contributed by atoms with Crippen molar-refractivity contribution in [1.29, 1.82) is 0 Å². The maximum atomic E-state index is 5.86. The van der Waals surface area contributed by atoms with E-state index in [-0.39, 0.29) is 5.60 Å². The van der Waals surface area contributed by atoms with Crippen molar-refractivity contribution in [3.8, 4) is 0 Å². The second-order valence-electron chi connectivity index (χ2n) is 5.69. The van der Waals surface area contributed by atoms with Crippen LogP contribution < -0.4 is 5.32 Å². The number of hydrogen-bond donors (Lipinski definition) is 1. The molecule has 2 atom stereocenters. The molecule has 0 radical (unpaired) electrons.